The van der Waals surface area contributed by atoms with Crippen LogP contribution < -0.4 is 0 Å². The van der Waals surface area contributed by atoms with Gasteiger partial charge in [-0.25, -0.2) is 21.2 Å². The third-order valence-corrected chi connectivity index (χ3v) is 8.18. The zero-order valence-corrected chi connectivity index (χ0v) is 18.0. The largest absolute Gasteiger partial charge is 0.399 e. The van der Waals surface area contributed by atoms with Gasteiger partial charge in [-0.1, -0.05) is 41.3 Å². The molecule has 0 spiro atoms. The quantitative estimate of drug-likeness (QED) is 0.351. The summed E-state index contributed by atoms with van der Waals surface area (Å²) in [6.07, 6.45) is 0. The Labute approximate surface area is 172 Å². The van der Waals surface area contributed by atoms with Crippen LogP contribution in [0, 0.1) is 5.82 Å². The number of rotatable bonds is 7. The molecule has 2 rings (SSSR count). The average Bonchev–Trinajstić information content (AvgIpc) is 2.63. The maximum Gasteiger partial charge on any atom is 0.184 e. The van der Waals surface area contributed by atoms with Crippen molar-refractivity contribution >= 4 is 48.6 Å². The molecule has 0 heterocycles. The van der Waals surface area contributed by atoms with Crippen molar-refractivity contribution in [3.8, 4) is 0 Å². The molecule has 152 valence electrons. The Hall–Kier alpha value is -1.68. The average molecular weight is 468 g/mol. The first-order valence-electron chi connectivity index (χ1n) is 7.83. The standard InChI is InChI=1S/C17H16Cl2FNO5S2/c1-3-27(22,23)15-9-8-13(16(18)17(15)19)14(21-26-2)10-28(24,25)12-6-4-11(20)5-7-12/h4-9H,3,10H2,1-2H3/b21-14+. The minimum absolute atomic E-state index is 0.0841. The van der Waals surface area contributed by atoms with Crippen molar-refractivity contribution < 1.29 is 26.1 Å². The smallest absolute Gasteiger partial charge is 0.184 e. The van der Waals surface area contributed by atoms with Gasteiger partial charge in [0.1, 0.15) is 24.4 Å². The number of hydrogen-bond acceptors (Lipinski definition) is 6. The van der Waals surface area contributed by atoms with E-state index in [9.17, 15) is 21.2 Å². The van der Waals surface area contributed by atoms with Crippen molar-refractivity contribution in [2.45, 2.75) is 16.7 Å². The molecule has 0 bridgehead atoms. The number of hydrogen-bond donors (Lipinski definition) is 0. The highest BCUT2D eigenvalue weighted by Gasteiger charge is 2.25. The van der Waals surface area contributed by atoms with Crippen LogP contribution in [-0.2, 0) is 24.5 Å². The van der Waals surface area contributed by atoms with Crippen LogP contribution in [-0.4, -0.2) is 41.2 Å². The fourth-order valence-corrected chi connectivity index (χ4v) is 5.41. The van der Waals surface area contributed by atoms with Crippen LogP contribution in [0.2, 0.25) is 10.0 Å². The highest BCUT2D eigenvalue weighted by Crippen LogP contribution is 2.33. The zero-order valence-electron chi connectivity index (χ0n) is 14.8. The lowest BCUT2D eigenvalue weighted by Gasteiger charge is -2.13. The second kappa shape index (κ2) is 8.77. The number of halogens is 3. The van der Waals surface area contributed by atoms with E-state index < -0.39 is 31.2 Å². The Morgan fingerprint density at radius 2 is 1.61 bits per heavy atom. The summed E-state index contributed by atoms with van der Waals surface area (Å²) in [4.78, 5) is 4.43. The molecule has 0 N–H and O–H groups in total. The lowest BCUT2D eigenvalue weighted by atomic mass is 10.1. The third-order valence-electron chi connectivity index (χ3n) is 3.77. The number of sulfone groups is 2. The Kier molecular flexibility index (Phi) is 7.08. The Balaban J connectivity index is 2.52. The molecule has 2 aromatic rings. The van der Waals surface area contributed by atoms with Gasteiger partial charge >= 0.3 is 0 Å². The first kappa shape index (κ1) is 22.6. The molecule has 0 fully saturated rings. The maximum absolute atomic E-state index is 13.1. The van der Waals surface area contributed by atoms with E-state index >= 15 is 0 Å². The van der Waals surface area contributed by atoms with E-state index in [1.807, 2.05) is 0 Å². The molecule has 0 unspecified atom stereocenters. The molecule has 0 saturated heterocycles. The molecule has 2 aromatic carbocycles. The lowest BCUT2D eigenvalue weighted by Crippen LogP contribution is -2.19. The van der Waals surface area contributed by atoms with E-state index in [0.717, 1.165) is 24.3 Å². The van der Waals surface area contributed by atoms with Gasteiger partial charge in [0.25, 0.3) is 0 Å². The molecular formula is C17H16Cl2FNO5S2. The predicted octanol–water partition coefficient (Wildman–Crippen LogP) is 3.75. The summed E-state index contributed by atoms with van der Waals surface area (Å²) in [7, 11) is -6.33. The van der Waals surface area contributed by atoms with E-state index in [1.54, 1.807) is 0 Å². The SMILES string of the molecule is CCS(=O)(=O)c1ccc(/C(CS(=O)(=O)c2ccc(F)cc2)=N/OC)c(Cl)c1Cl. The van der Waals surface area contributed by atoms with Gasteiger partial charge in [-0.3, -0.25) is 0 Å². The van der Waals surface area contributed by atoms with Crippen molar-refractivity contribution in [2.75, 3.05) is 18.6 Å². The fraction of sp³-hybridized carbons (Fsp3) is 0.235. The van der Waals surface area contributed by atoms with Gasteiger partial charge in [0, 0.05) is 5.56 Å². The van der Waals surface area contributed by atoms with Crippen LogP contribution >= 0.6 is 23.2 Å². The van der Waals surface area contributed by atoms with E-state index in [4.69, 9.17) is 28.0 Å². The van der Waals surface area contributed by atoms with Crippen molar-refractivity contribution in [3.05, 3.63) is 57.8 Å². The van der Waals surface area contributed by atoms with Gasteiger partial charge in [0.2, 0.25) is 0 Å². The first-order chi connectivity index (χ1) is 13.0. The molecule has 0 saturated carbocycles. The second-order valence-corrected chi connectivity index (χ2v) is 10.6. The molecule has 0 aliphatic carbocycles. The van der Waals surface area contributed by atoms with Crippen molar-refractivity contribution in [3.63, 3.8) is 0 Å². The summed E-state index contributed by atoms with van der Waals surface area (Å²) in [5, 5.41) is 3.31. The van der Waals surface area contributed by atoms with Crippen LogP contribution in [0.4, 0.5) is 4.39 Å². The van der Waals surface area contributed by atoms with Crippen molar-refractivity contribution in [2.24, 2.45) is 5.16 Å². The van der Waals surface area contributed by atoms with E-state index in [1.165, 1.54) is 26.2 Å². The summed E-state index contributed by atoms with van der Waals surface area (Å²) in [6.45, 7) is 1.46. The summed E-state index contributed by atoms with van der Waals surface area (Å²) >= 11 is 12.3. The van der Waals surface area contributed by atoms with Crippen LogP contribution in [0.5, 0.6) is 0 Å². The minimum Gasteiger partial charge on any atom is -0.399 e. The Morgan fingerprint density at radius 3 is 2.14 bits per heavy atom. The molecule has 0 aliphatic rings. The van der Waals surface area contributed by atoms with Crippen LogP contribution in [0.1, 0.15) is 12.5 Å². The predicted molar refractivity (Wildman–Crippen MR) is 106 cm³/mol. The number of benzene rings is 2. The van der Waals surface area contributed by atoms with Crippen LogP contribution in [0.25, 0.3) is 0 Å². The number of nitrogens with zero attached hydrogens (tertiary/aromatic N) is 1. The minimum atomic E-state index is -3.92. The summed E-state index contributed by atoms with van der Waals surface area (Å²) in [6, 6.07) is 6.84. The van der Waals surface area contributed by atoms with E-state index in [0.29, 0.717) is 0 Å². The summed E-state index contributed by atoms with van der Waals surface area (Å²) < 4.78 is 62.5. The second-order valence-electron chi connectivity index (χ2n) is 5.58. The monoisotopic (exact) mass is 467 g/mol. The fourth-order valence-electron chi connectivity index (χ4n) is 2.32. The van der Waals surface area contributed by atoms with Crippen LogP contribution in [0.15, 0.2) is 51.3 Å². The van der Waals surface area contributed by atoms with Gasteiger partial charge in [0.05, 0.1) is 25.6 Å². The Morgan fingerprint density at radius 1 is 1.00 bits per heavy atom. The number of oxime groups is 1. The molecule has 0 radical (unpaired) electrons. The molecule has 11 heteroatoms. The normalized spacial score (nSPS) is 12.8. The molecular weight excluding hydrogens is 452 g/mol. The molecule has 0 aliphatic heterocycles. The van der Waals surface area contributed by atoms with Crippen LogP contribution in [0.3, 0.4) is 0 Å². The van der Waals surface area contributed by atoms with E-state index in [-0.39, 0.29) is 36.9 Å². The van der Waals surface area contributed by atoms with Gasteiger partial charge < -0.3 is 4.84 Å². The Bertz CT molecular complexity index is 1110. The van der Waals surface area contributed by atoms with Gasteiger partial charge in [-0.05, 0) is 30.3 Å². The molecule has 28 heavy (non-hydrogen) atoms. The zero-order chi connectivity index (χ0) is 21.1. The molecule has 0 aromatic heterocycles. The summed E-state index contributed by atoms with van der Waals surface area (Å²) in [5.41, 5.74) is 0.0217. The third kappa shape index (κ3) is 4.83. The molecule has 6 nitrogen and oxygen atoms in total. The maximum atomic E-state index is 13.1. The highest BCUT2D eigenvalue weighted by molar-refractivity contribution is 7.92. The highest BCUT2D eigenvalue weighted by atomic mass is 35.5. The van der Waals surface area contributed by atoms with Gasteiger partial charge in [-0.15, -0.1) is 0 Å². The van der Waals surface area contributed by atoms with E-state index in [2.05, 4.69) is 5.16 Å². The van der Waals surface area contributed by atoms with Gasteiger partial charge in [0.15, 0.2) is 19.7 Å². The topological polar surface area (TPSA) is 89.9 Å². The van der Waals surface area contributed by atoms with Gasteiger partial charge in [-0.2, -0.15) is 0 Å². The van der Waals surface area contributed by atoms with Crippen molar-refractivity contribution in [1.29, 1.82) is 0 Å². The lowest BCUT2D eigenvalue weighted by molar-refractivity contribution is 0.213. The summed E-state index contributed by atoms with van der Waals surface area (Å²) in [5.74, 6) is -1.38. The van der Waals surface area contributed by atoms with Crippen molar-refractivity contribution in [1.82, 2.24) is 0 Å². The first-order valence-corrected chi connectivity index (χ1v) is 11.9. The molecule has 0 atom stereocenters. The molecule has 0 amide bonds.